The van der Waals surface area contributed by atoms with Crippen LogP contribution >= 0.6 is 46.6 Å². The Kier molecular flexibility index (Phi) is 3.84. The van der Waals surface area contributed by atoms with Crippen LogP contribution < -0.4 is 5.01 Å². The first-order valence-electron chi connectivity index (χ1n) is 7.21. The first-order valence-corrected chi connectivity index (χ1v) is 9.33. The second-order valence-electron chi connectivity index (χ2n) is 5.93. The fraction of sp³-hybridized carbons (Fsp3) is 0.176. The van der Waals surface area contributed by atoms with Crippen LogP contribution in [0.3, 0.4) is 0 Å². The van der Waals surface area contributed by atoms with Crippen LogP contribution in [-0.4, -0.2) is 17.4 Å². The molecule has 4 rings (SSSR count). The highest BCUT2D eigenvalue weighted by Crippen LogP contribution is 2.46. The van der Waals surface area contributed by atoms with Gasteiger partial charge in [0.15, 0.2) is 0 Å². The molecule has 122 valence electrons. The van der Waals surface area contributed by atoms with E-state index in [0.29, 0.717) is 26.5 Å². The van der Waals surface area contributed by atoms with E-state index in [9.17, 15) is 4.79 Å². The van der Waals surface area contributed by atoms with Gasteiger partial charge < -0.3 is 0 Å². The summed E-state index contributed by atoms with van der Waals surface area (Å²) in [4.78, 5) is 14.1. The third-order valence-corrected chi connectivity index (χ3v) is 6.61. The van der Waals surface area contributed by atoms with Crippen molar-refractivity contribution in [2.24, 2.45) is 10.5 Å². The molecule has 0 spiro atoms. The molecule has 24 heavy (non-hydrogen) atoms. The lowest BCUT2D eigenvalue weighted by atomic mass is 9.83. The second-order valence-corrected chi connectivity index (χ2v) is 8.19. The van der Waals surface area contributed by atoms with Crippen molar-refractivity contribution in [3.63, 3.8) is 0 Å². The number of fused-ring (bicyclic) bond motifs is 3. The van der Waals surface area contributed by atoms with Gasteiger partial charge in [0.1, 0.15) is 5.41 Å². The van der Waals surface area contributed by atoms with E-state index in [4.69, 9.17) is 34.8 Å². The van der Waals surface area contributed by atoms with Gasteiger partial charge in [-0.2, -0.15) is 10.1 Å². The van der Waals surface area contributed by atoms with Crippen molar-refractivity contribution in [2.45, 2.75) is 11.8 Å². The highest BCUT2D eigenvalue weighted by molar-refractivity contribution is 7.99. The van der Waals surface area contributed by atoms with Gasteiger partial charge in [-0.1, -0.05) is 34.8 Å². The topological polar surface area (TPSA) is 32.7 Å². The normalized spacial score (nSPS) is 22.2. The van der Waals surface area contributed by atoms with Gasteiger partial charge in [0.25, 0.3) is 5.91 Å². The smallest absolute Gasteiger partial charge is 0.260 e. The summed E-state index contributed by atoms with van der Waals surface area (Å²) in [5, 5.41) is 7.48. The van der Waals surface area contributed by atoms with Gasteiger partial charge >= 0.3 is 0 Å². The van der Waals surface area contributed by atoms with Crippen molar-refractivity contribution in [3.05, 3.63) is 57.0 Å². The zero-order valence-electron chi connectivity index (χ0n) is 12.5. The minimum absolute atomic E-state index is 0.0750. The van der Waals surface area contributed by atoms with Gasteiger partial charge in [0, 0.05) is 21.2 Å². The summed E-state index contributed by atoms with van der Waals surface area (Å²) in [5.41, 5.74) is 1.58. The number of benzene rings is 2. The maximum atomic E-state index is 13.0. The van der Waals surface area contributed by atoms with Crippen LogP contribution in [0.25, 0.3) is 0 Å². The first-order chi connectivity index (χ1) is 11.4. The number of halogens is 3. The zero-order chi connectivity index (χ0) is 17.1. The zero-order valence-corrected chi connectivity index (χ0v) is 15.6. The monoisotopic (exact) mass is 396 g/mol. The van der Waals surface area contributed by atoms with Gasteiger partial charge in [-0.05, 0) is 43.3 Å². The number of thioether (sulfide) groups is 1. The Hall–Kier alpha value is -1.20. The van der Waals surface area contributed by atoms with Crippen molar-refractivity contribution >= 4 is 63.9 Å². The van der Waals surface area contributed by atoms with E-state index in [-0.39, 0.29) is 5.91 Å². The van der Waals surface area contributed by atoms with Crippen molar-refractivity contribution in [3.8, 4) is 0 Å². The number of hydrogen-bond acceptors (Lipinski definition) is 3. The molecule has 0 radical (unpaired) electrons. The van der Waals surface area contributed by atoms with Crippen molar-refractivity contribution in [1.82, 2.24) is 0 Å². The molecule has 0 saturated heterocycles. The van der Waals surface area contributed by atoms with Crippen LogP contribution in [0.5, 0.6) is 0 Å². The van der Waals surface area contributed by atoms with E-state index in [0.717, 1.165) is 16.2 Å². The summed E-state index contributed by atoms with van der Waals surface area (Å²) in [6.45, 7) is 1.92. The van der Waals surface area contributed by atoms with Crippen molar-refractivity contribution in [2.75, 3.05) is 10.8 Å². The van der Waals surface area contributed by atoms with E-state index >= 15 is 0 Å². The Morgan fingerprint density at radius 1 is 1.12 bits per heavy atom. The summed E-state index contributed by atoms with van der Waals surface area (Å²) in [6.07, 6.45) is 0. The van der Waals surface area contributed by atoms with E-state index in [1.54, 1.807) is 30.0 Å². The van der Waals surface area contributed by atoms with Gasteiger partial charge in [-0.3, -0.25) is 4.79 Å². The molecule has 0 saturated carbocycles. The Labute approximate surface area is 158 Å². The van der Waals surface area contributed by atoms with Crippen molar-refractivity contribution in [1.29, 1.82) is 0 Å². The Morgan fingerprint density at radius 3 is 2.67 bits per heavy atom. The van der Waals surface area contributed by atoms with Gasteiger partial charge in [0.2, 0.25) is 0 Å². The molecule has 1 atom stereocenters. The molecule has 1 unspecified atom stereocenters. The molecule has 2 aliphatic rings. The largest absolute Gasteiger partial charge is 0.271 e. The molecular weight excluding hydrogens is 387 g/mol. The third-order valence-electron chi connectivity index (χ3n) is 4.25. The first kappa shape index (κ1) is 16.3. The molecule has 2 aliphatic heterocycles. The third kappa shape index (κ3) is 2.36. The maximum Gasteiger partial charge on any atom is 0.260 e. The molecule has 0 fully saturated rings. The van der Waals surface area contributed by atoms with Crippen LogP contribution in [0.15, 0.2) is 46.4 Å². The molecule has 0 aliphatic carbocycles. The van der Waals surface area contributed by atoms with Gasteiger partial charge in [0.05, 0.1) is 21.4 Å². The summed E-state index contributed by atoms with van der Waals surface area (Å²) < 4.78 is 0. The predicted octanol–water partition coefficient (Wildman–Crippen LogP) is 5.51. The van der Waals surface area contributed by atoms with E-state index in [2.05, 4.69) is 5.10 Å². The quantitative estimate of drug-likeness (QED) is 0.635. The molecule has 2 aromatic rings. The minimum Gasteiger partial charge on any atom is -0.271 e. The Morgan fingerprint density at radius 2 is 1.92 bits per heavy atom. The number of anilines is 1. The fourth-order valence-corrected chi connectivity index (χ4v) is 4.54. The highest BCUT2D eigenvalue weighted by Gasteiger charge is 2.51. The molecule has 0 aromatic heterocycles. The number of hydrazone groups is 1. The van der Waals surface area contributed by atoms with Gasteiger partial charge in [-0.15, -0.1) is 11.8 Å². The minimum atomic E-state index is -0.686. The van der Waals surface area contributed by atoms with E-state index in [1.165, 1.54) is 5.01 Å². The molecule has 0 bridgehead atoms. The summed E-state index contributed by atoms with van der Waals surface area (Å²) in [7, 11) is 0. The van der Waals surface area contributed by atoms with E-state index < -0.39 is 5.41 Å². The summed E-state index contributed by atoms with van der Waals surface area (Å²) >= 11 is 19.8. The van der Waals surface area contributed by atoms with Crippen LogP contribution in [0.4, 0.5) is 5.69 Å². The lowest BCUT2D eigenvalue weighted by Gasteiger charge is -2.29. The van der Waals surface area contributed by atoms with Crippen LogP contribution in [0.2, 0.25) is 15.1 Å². The number of carbonyl (C=O) groups excluding carboxylic acids is 1. The molecule has 2 aromatic carbocycles. The lowest BCUT2D eigenvalue weighted by molar-refractivity contribution is -0.122. The van der Waals surface area contributed by atoms with Gasteiger partial charge in [-0.25, -0.2) is 0 Å². The molecule has 3 nitrogen and oxygen atoms in total. The average molecular weight is 398 g/mol. The van der Waals surface area contributed by atoms with Crippen molar-refractivity contribution < 1.29 is 4.79 Å². The average Bonchev–Trinajstić information content (AvgIpc) is 2.83. The molecular formula is C17H11Cl3N2OS. The standard InChI is InChI=1S/C17H11Cl3N2OS/c1-17-8-24-14-5-2-9(18)6-11(14)15(17)21-22(16(17)23)10-3-4-12(19)13(20)7-10/h2-7H,8H2,1H3. The Balaban J connectivity index is 1.86. The van der Waals surface area contributed by atoms with E-state index in [1.807, 2.05) is 25.1 Å². The predicted molar refractivity (Wildman–Crippen MR) is 101 cm³/mol. The lowest BCUT2D eigenvalue weighted by Crippen LogP contribution is -2.41. The second kappa shape index (κ2) is 5.67. The summed E-state index contributed by atoms with van der Waals surface area (Å²) in [6, 6.07) is 10.7. The molecule has 0 N–H and O–H groups in total. The molecule has 7 heteroatoms. The molecule has 2 heterocycles. The molecule has 1 amide bonds. The van der Waals surface area contributed by atoms with Crippen LogP contribution in [-0.2, 0) is 4.79 Å². The number of rotatable bonds is 1. The fourth-order valence-electron chi connectivity index (χ4n) is 2.90. The number of nitrogens with zero attached hydrogens (tertiary/aromatic N) is 2. The Bertz CT molecular complexity index is 915. The highest BCUT2D eigenvalue weighted by atomic mass is 35.5. The maximum absolute atomic E-state index is 13.0. The SMILES string of the molecule is CC12CSc3ccc(Cl)cc3C1=NN(c1ccc(Cl)c(Cl)c1)C2=O. The van der Waals surface area contributed by atoms with Crippen LogP contribution in [0.1, 0.15) is 12.5 Å². The number of hydrogen-bond donors (Lipinski definition) is 0. The number of carbonyl (C=O) groups is 1. The van der Waals surface area contributed by atoms with Crippen LogP contribution in [0, 0.1) is 5.41 Å². The number of amides is 1. The summed E-state index contributed by atoms with van der Waals surface area (Å²) in [5.74, 6) is 0.561.